The van der Waals surface area contributed by atoms with Gasteiger partial charge in [-0.15, -0.1) is 0 Å². The predicted octanol–water partition coefficient (Wildman–Crippen LogP) is 2.45. The SMILES string of the molecule is Nc1ccc(Cl)c(C(=O)Nc2nc3ccccc3[nH]2)n1. The zero-order valence-electron chi connectivity index (χ0n) is 10.2. The van der Waals surface area contributed by atoms with Gasteiger partial charge in [0.15, 0.2) is 0 Å². The number of carbonyl (C=O) groups excluding carboxylic acids is 1. The van der Waals surface area contributed by atoms with Crippen molar-refractivity contribution < 1.29 is 4.79 Å². The summed E-state index contributed by atoms with van der Waals surface area (Å²) in [4.78, 5) is 23.2. The summed E-state index contributed by atoms with van der Waals surface area (Å²) < 4.78 is 0. The molecule has 0 bridgehead atoms. The molecule has 0 fully saturated rings. The summed E-state index contributed by atoms with van der Waals surface area (Å²) >= 11 is 5.93. The van der Waals surface area contributed by atoms with E-state index in [0.717, 1.165) is 11.0 Å². The van der Waals surface area contributed by atoms with Crippen LogP contribution in [0.4, 0.5) is 11.8 Å². The van der Waals surface area contributed by atoms with Crippen molar-refractivity contribution in [1.82, 2.24) is 15.0 Å². The number of pyridine rings is 1. The number of anilines is 2. The first kappa shape index (κ1) is 12.4. The molecule has 0 saturated heterocycles. The number of aromatic amines is 1. The molecule has 1 aromatic carbocycles. The van der Waals surface area contributed by atoms with Crippen molar-refractivity contribution in [1.29, 1.82) is 0 Å². The summed E-state index contributed by atoms with van der Waals surface area (Å²) in [6, 6.07) is 10.5. The van der Waals surface area contributed by atoms with Crippen LogP contribution in [0.1, 0.15) is 10.5 Å². The third-order valence-electron chi connectivity index (χ3n) is 2.70. The van der Waals surface area contributed by atoms with Crippen molar-refractivity contribution in [3.05, 3.63) is 47.1 Å². The van der Waals surface area contributed by atoms with Gasteiger partial charge in [-0.05, 0) is 24.3 Å². The van der Waals surface area contributed by atoms with E-state index in [9.17, 15) is 4.79 Å². The first-order valence-electron chi connectivity index (χ1n) is 5.81. The third kappa shape index (κ3) is 2.28. The molecule has 4 N–H and O–H groups in total. The van der Waals surface area contributed by atoms with E-state index in [1.54, 1.807) is 0 Å². The molecule has 100 valence electrons. The number of nitrogens with two attached hydrogens (primary N) is 1. The number of para-hydroxylation sites is 2. The van der Waals surface area contributed by atoms with Gasteiger partial charge in [0, 0.05) is 0 Å². The summed E-state index contributed by atoms with van der Waals surface area (Å²) in [7, 11) is 0. The van der Waals surface area contributed by atoms with E-state index >= 15 is 0 Å². The maximum absolute atomic E-state index is 12.1. The van der Waals surface area contributed by atoms with E-state index in [1.165, 1.54) is 12.1 Å². The molecule has 6 nitrogen and oxygen atoms in total. The molecule has 0 aliphatic rings. The molecule has 0 aliphatic carbocycles. The second-order valence-electron chi connectivity index (χ2n) is 4.12. The Kier molecular flexibility index (Phi) is 3.00. The molecule has 0 spiro atoms. The largest absolute Gasteiger partial charge is 0.384 e. The minimum absolute atomic E-state index is 0.0622. The van der Waals surface area contributed by atoms with Crippen molar-refractivity contribution in [3.8, 4) is 0 Å². The number of fused-ring (bicyclic) bond motifs is 1. The maximum Gasteiger partial charge on any atom is 0.278 e. The highest BCUT2D eigenvalue weighted by atomic mass is 35.5. The summed E-state index contributed by atoms with van der Waals surface area (Å²) in [5.41, 5.74) is 7.20. The lowest BCUT2D eigenvalue weighted by Crippen LogP contribution is -2.15. The Morgan fingerprint density at radius 2 is 2.00 bits per heavy atom. The van der Waals surface area contributed by atoms with Crippen LogP contribution in [0.3, 0.4) is 0 Å². The molecule has 20 heavy (non-hydrogen) atoms. The summed E-state index contributed by atoms with van der Waals surface area (Å²) in [5.74, 6) is 0.0852. The molecule has 0 unspecified atom stereocenters. The van der Waals surface area contributed by atoms with Crippen molar-refractivity contribution in [3.63, 3.8) is 0 Å². The van der Waals surface area contributed by atoms with Crippen molar-refractivity contribution in [2.45, 2.75) is 0 Å². The Morgan fingerprint density at radius 3 is 2.80 bits per heavy atom. The molecule has 2 aromatic heterocycles. The molecule has 0 radical (unpaired) electrons. The van der Waals surface area contributed by atoms with Crippen LogP contribution in [0.5, 0.6) is 0 Å². The number of hydrogen-bond donors (Lipinski definition) is 3. The Hall–Kier alpha value is -2.60. The Balaban J connectivity index is 1.90. The second-order valence-corrected chi connectivity index (χ2v) is 4.53. The van der Waals surface area contributed by atoms with E-state index in [-0.39, 0.29) is 16.5 Å². The van der Waals surface area contributed by atoms with Gasteiger partial charge in [-0.2, -0.15) is 0 Å². The number of nitrogen functional groups attached to an aromatic ring is 1. The Bertz CT molecular complexity index is 765. The van der Waals surface area contributed by atoms with Crippen LogP contribution in [0.2, 0.25) is 5.02 Å². The van der Waals surface area contributed by atoms with E-state index < -0.39 is 5.91 Å². The molecule has 2 heterocycles. The minimum atomic E-state index is -0.471. The van der Waals surface area contributed by atoms with Gasteiger partial charge in [-0.3, -0.25) is 10.1 Å². The van der Waals surface area contributed by atoms with Crippen molar-refractivity contribution >= 4 is 40.3 Å². The number of benzene rings is 1. The van der Waals surface area contributed by atoms with Crippen LogP contribution < -0.4 is 11.1 Å². The van der Waals surface area contributed by atoms with Crippen molar-refractivity contribution in [2.24, 2.45) is 0 Å². The molecule has 0 atom stereocenters. The number of rotatable bonds is 2. The molecule has 3 aromatic rings. The van der Waals surface area contributed by atoms with Gasteiger partial charge in [0.2, 0.25) is 5.95 Å². The van der Waals surface area contributed by atoms with Gasteiger partial charge in [0.05, 0.1) is 16.1 Å². The molecule has 0 aliphatic heterocycles. The van der Waals surface area contributed by atoms with Gasteiger partial charge in [-0.25, -0.2) is 9.97 Å². The normalized spacial score (nSPS) is 10.7. The number of hydrogen-bond acceptors (Lipinski definition) is 4. The smallest absolute Gasteiger partial charge is 0.278 e. The van der Waals surface area contributed by atoms with Gasteiger partial charge < -0.3 is 10.7 Å². The highest BCUT2D eigenvalue weighted by molar-refractivity contribution is 6.34. The lowest BCUT2D eigenvalue weighted by Gasteiger charge is -2.03. The number of imidazole rings is 1. The number of halogens is 1. The highest BCUT2D eigenvalue weighted by Crippen LogP contribution is 2.18. The van der Waals surface area contributed by atoms with E-state index in [2.05, 4.69) is 20.3 Å². The summed E-state index contributed by atoms with van der Waals surface area (Å²) in [6.07, 6.45) is 0. The fraction of sp³-hybridized carbons (Fsp3) is 0. The monoisotopic (exact) mass is 287 g/mol. The third-order valence-corrected chi connectivity index (χ3v) is 3.01. The first-order valence-corrected chi connectivity index (χ1v) is 6.19. The zero-order chi connectivity index (χ0) is 14.1. The molecular weight excluding hydrogens is 278 g/mol. The van der Waals surface area contributed by atoms with Crippen LogP contribution in [0.15, 0.2) is 36.4 Å². The Morgan fingerprint density at radius 1 is 1.20 bits per heavy atom. The second kappa shape index (κ2) is 4.82. The quantitative estimate of drug-likeness (QED) is 0.674. The molecule has 3 rings (SSSR count). The number of carbonyl (C=O) groups is 1. The molecule has 1 amide bonds. The van der Waals surface area contributed by atoms with Gasteiger partial charge in [0.25, 0.3) is 5.91 Å². The van der Waals surface area contributed by atoms with E-state index in [1.807, 2.05) is 24.3 Å². The lowest BCUT2D eigenvalue weighted by molar-refractivity contribution is 0.102. The summed E-state index contributed by atoms with van der Waals surface area (Å²) in [6.45, 7) is 0. The van der Waals surface area contributed by atoms with Gasteiger partial charge >= 0.3 is 0 Å². The van der Waals surface area contributed by atoms with E-state index in [0.29, 0.717) is 5.95 Å². The number of nitrogens with one attached hydrogen (secondary N) is 2. The fourth-order valence-electron chi connectivity index (χ4n) is 1.80. The predicted molar refractivity (Wildman–Crippen MR) is 77.7 cm³/mol. The van der Waals surface area contributed by atoms with Gasteiger partial charge in [-0.1, -0.05) is 23.7 Å². The number of amides is 1. The highest BCUT2D eigenvalue weighted by Gasteiger charge is 2.14. The molecular formula is C13H10ClN5O. The topological polar surface area (TPSA) is 96.7 Å². The van der Waals surface area contributed by atoms with E-state index in [4.69, 9.17) is 17.3 Å². The number of aromatic nitrogens is 3. The van der Waals surface area contributed by atoms with Crippen LogP contribution in [-0.4, -0.2) is 20.9 Å². The average molecular weight is 288 g/mol. The fourth-order valence-corrected chi connectivity index (χ4v) is 1.99. The van der Waals surface area contributed by atoms with Crippen LogP contribution in [0, 0.1) is 0 Å². The average Bonchev–Trinajstić information content (AvgIpc) is 2.83. The number of nitrogens with zero attached hydrogens (tertiary/aromatic N) is 2. The number of H-pyrrole nitrogens is 1. The van der Waals surface area contributed by atoms with Crippen LogP contribution >= 0.6 is 11.6 Å². The zero-order valence-corrected chi connectivity index (χ0v) is 11.0. The van der Waals surface area contributed by atoms with Crippen molar-refractivity contribution in [2.75, 3.05) is 11.1 Å². The standard InChI is InChI=1S/C13H10ClN5O/c14-7-5-6-10(15)18-11(7)12(20)19-13-16-8-3-1-2-4-9(8)17-13/h1-6H,(H2,15,18)(H2,16,17,19,20). The van der Waals surface area contributed by atoms with Gasteiger partial charge in [0.1, 0.15) is 11.5 Å². The molecule has 7 heteroatoms. The lowest BCUT2D eigenvalue weighted by atomic mass is 10.3. The van der Waals surface area contributed by atoms with Crippen LogP contribution in [-0.2, 0) is 0 Å². The first-order chi connectivity index (χ1) is 9.63. The maximum atomic E-state index is 12.1. The van der Waals surface area contributed by atoms with Crippen LogP contribution in [0.25, 0.3) is 11.0 Å². The summed E-state index contributed by atoms with van der Waals surface area (Å²) in [5, 5.41) is 2.84. The molecule has 0 saturated carbocycles. The Labute approximate surface area is 119 Å². The minimum Gasteiger partial charge on any atom is -0.384 e.